The van der Waals surface area contributed by atoms with Crippen molar-refractivity contribution >= 4 is 11.9 Å². The average molecular weight is 270 g/mol. The second-order valence-electron chi connectivity index (χ2n) is 5.69. The molecule has 6 heteroatoms. The van der Waals surface area contributed by atoms with E-state index in [2.05, 4.69) is 5.32 Å². The summed E-state index contributed by atoms with van der Waals surface area (Å²) in [4.78, 5) is 25.1. The van der Waals surface area contributed by atoms with E-state index in [9.17, 15) is 14.7 Å². The Labute approximate surface area is 113 Å². The molecule has 0 aliphatic carbocycles. The van der Waals surface area contributed by atoms with Gasteiger partial charge in [0.15, 0.2) is 0 Å². The van der Waals surface area contributed by atoms with Crippen LogP contribution < -0.4 is 5.32 Å². The normalized spacial score (nSPS) is 32.1. The predicted molar refractivity (Wildman–Crippen MR) is 68.8 cm³/mol. The van der Waals surface area contributed by atoms with Gasteiger partial charge in [-0.15, -0.1) is 0 Å². The Morgan fingerprint density at radius 1 is 1.53 bits per heavy atom. The number of nitrogens with one attached hydrogen (secondary N) is 1. The lowest BCUT2D eigenvalue weighted by atomic mass is 9.82. The van der Waals surface area contributed by atoms with Crippen molar-refractivity contribution < 1.29 is 19.4 Å². The minimum absolute atomic E-state index is 0.000810. The highest BCUT2D eigenvalue weighted by Gasteiger charge is 2.39. The Kier molecular flexibility index (Phi) is 4.42. The fraction of sp³-hybridized carbons (Fsp3) is 0.846. The van der Waals surface area contributed by atoms with Gasteiger partial charge in [0, 0.05) is 26.2 Å². The maximum absolute atomic E-state index is 12.2. The van der Waals surface area contributed by atoms with Crippen LogP contribution in [0.5, 0.6) is 0 Å². The Hall–Kier alpha value is -1.14. The number of hydrogen-bond acceptors (Lipinski definition) is 4. The van der Waals surface area contributed by atoms with Gasteiger partial charge in [-0.3, -0.25) is 9.59 Å². The number of ether oxygens (including phenoxy) is 1. The minimum atomic E-state index is -0.819. The number of carbonyl (C=O) groups excluding carboxylic acids is 1. The molecule has 0 radical (unpaired) electrons. The van der Waals surface area contributed by atoms with Crippen LogP contribution in [-0.4, -0.2) is 60.8 Å². The summed E-state index contributed by atoms with van der Waals surface area (Å²) in [6.07, 6.45) is 1.63. The van der Waals surface area contributed by atoms with Crippen molar-refractivity contribution in [2.75, 3.05) is 32.8 Å². The molecule has 2 aliphatic heterocycles. The van der Waals surface area contributed by atoms with Gasteiger partial charge in [-0.2, -0.15) is 0 Å². The van der Waals surface area contributed by atoms with Crippen molar-refractivity contribution in [3.05, 3.63) is 0 Å². The molecule has 1 amide bonds. The van der Waals surface area contributed by atoms with Gasteiger partial charge >= 0.3 is 5.97 Å². The fourth-order valence-electron chi connectivity index (χ4n) is 2.70. The van der Waals surface area contributed by atoms with Crippen molar-refractivity contribution in [2.45, 2.75) is 32.3 Å². The quantitative estimate of drug-likeness (QED) is 0.759. The van der Waals surface area contributed by atoms with Crippen molar-refractivity contribution in [1.82, 2.24) is 10.2 Å². The topological polar surface area (TPSA) is 78.9 Å². The second kappa shape index (κ2) is 5.88. The zero-order valence-electron chi connectivity index (χ0n) is 11.4. The molecule has 108 valence electrons. The van der Waals surface area contributed by atoms with E-state index >= 15 is 0 Å². The van der Waals surface area contributed by atoms with Crippen LogP contribution in [0.1, 0.15) is 26.2 Å². The molecule has 0 aromatic rings. The number of hydrogen-bond donors (Lipinski definition) is 2. The first-order valence-electron chi connectivity index (χ1n) is 6.85. The summed E-state index contributed by atoms with van der Waals surface area (Å²) >= 11 is 0. The van der Waals surface area contributed by atoms with Crippen molar-refractivity contribution in [1.29, 1.82) is 0 Å². The number of carboxylic acids is 1. The number of amides is 1. The Bertz CT molecular complexity index is 355. The first-order valence-corrected chi connectivity index (χ1v) is 6.85. The third-order valence-corrected chi connectivity index (χ3v) is 3.97. The standard InChI is InChI=1S/C13H22N2O4/c1-13(12(17)18)3-2-5-15(9-13)11(16)7-10-8-14-4-6-19-10/h10,14H,2-9H2,1H3,(H,17,18). The number of piperidine rings is 1. The molecular weight excluding hydrogens is 248 g/mol. The van der Waals surface area contributed by atoms with Crippen LogP contribution in [0.25, 0.3) is 0 Å². The van der Waals surface area contributed by atoms with Gasteiger partial charge in [0.1, 0.15) is 0 Å². The SMILES string of the molecule is CC1(C(=O)O)CCCN(C(=O)CC2CNCCO2)C1. The largest absolute Gasteiger partial charge is 0.481 e. The van der Waals surface area contributed by atoms with E-state index in [-0.39, 0.29) is 12.0 Å². The molecule has 19 heavy (non-hydrogen) atoms. The first kappa shape index (κ1) is 14.3. The van der Waals surface area contributed by atoms with Crippen LogP contribution in [0.3, 0.4) is 0 Å². The van der Waals surface area contributed by atoms with Crippen LogP contribution in [0.4, 0.5) is 0 Å². The van der Waals surface area contributed by atoms with Crippen LogP contribution in [-0.2, 0) is 14.3 Å². The van der Waals surface area contributed by atoms with Gasteiger partial charge in [-0.05, 0) is 19.8 Å². The summed E-state index contributed by atoms with van der Waals surface area (Å²) in [5.41, 5.74) is -0.806. The summed E-state index contributed by atoms with van der Waals surface area (Å²) in [6, 6.07) is 0. The van der Waals surface area contributed by atoms with Crippen LogP contribution >= 0.6 is 0 Å². The van der Waals surface area contributed by atoms with Crippen molar-refractivity contribution in [3.63, 3.8) is 0 Å². The van der Waals surface area contributed by atoms with Crippen LogP contribution in [0.2, 0.25) is 0 Å². The van der Waals surface area contributed by atoms with Crippen molar-refractivity contribution in [2.24, 2.45) is 5.41 Å². The zero-order chi connectivity index (χ0) is 13.9. The molecule has 0 aromatic carbocycles. The highest BCUT2D eigenvalue weighted by molar-refractivity contribution is 5.79. The number of likely N-dealkylation sites (tertiary alicyclic amines) is 1. The molecule has 2 unspecified atom stereocenters. The number of rotatable bonds is 3. The molecule has 0 spiro atoms. The van der Waals surface area contributed by atoms with Gasteiger partial charge < -0.3 is 20.1 Å². The van der Waals surface area contributed by atoms with Crippen LogP contribution in [0.15, 0.2) is 0 Å². The van der Waals surface area contributed by atoms with E-state index in [0.717, 1.165) is 13.0 Å². The molecule has 6 nitrogen and oxygen atoms in total. The molecule has 0 aromatic heterocycles. The molecular formula is C13H22N2O4. The lowest BCUT2D eigenvalue weighted by molar-refractivity contribution is -0.154. The molecule has 0 saturated carbocycles. The maximum atomic E-state index is 12.2. The smallest absolute Gasteiger partial charge is 0.311 e. The molecule has 2 N–H and O–H groups in total. The van der Waals surface area contributed by atoms with E-state index in [1.165, 1.54) is 0 Å². The predicted octanol–water partition coefficient (Wildman–Crippen LogP) is 0.0782. The highest BCUT2D eigenvalue weighted by Crippen LogP contribution is 2.30. The van der Waals surface area contributed by atoms with E-state index in [4.69, 9.17) is 4.74 Å². The Morgan fingerprint density at radius 2 is 2.32 bits per heavy atom. The number of morpholine rings is 1. The molecule has 2 saturated heterocycles. The van der Waals surface area contributed by atoms with Crippen molar-refractivity contribution in [3.8, 4) is 0 Å². The summed E-state index contributed by atoms with van der Waals surface area (Å²) in [7, 11) is 0. The van der Waals surface area contributed by atoms with Gasteiger partial charge in [0.25, 0.3) is 0 Å². The van der Waals surface area contributed by atoms with E-state index in [0.29, 0.717) is 39.1 Å². The molecule has 2 aliphatic rings. The first-order chi connectivity index (χ1) is 9.01. The third kappa shape index (κ3) is 3.45. The molecule has 2 rings (SSSR count). The van der Waals surface area contributed by atoms with Gasteiger partial charge in [0.2, 0.25) is 5.91 Å². The lowest BCUT2D eigenvalue weighted by Crippen LogP contribution is -2.50. The average Bonchev–Trinajstić information content (AvgIpc) is 2.40. The van der Waals surface area contributed by atoms with E-state index in [1.54, 1.807) is 11.8 Å². The van der Waals surface area contributed by atoms with Gasteiger partial charge in [0.05, 0.1) is 24.5 Å². The lowest BCUT2D eigenvalue weighted by Gasteiger charge is -2.38. The fourth-order valence-corrected chi connectivity index (χ4v) is 2.70. The number of carboxylic acid groups (broad SMARTS) is 1. The molecule has 2 atom stereocenters. The minimum Gasteiger partial charge on any atom is -0.481 e. The molecule has 0 bridgehead atoms. The highest BCUT2D eigenvalue weighted by atomic mass is 16.5. The van der Waals surface area contributed by atoms with E-state index in [1.807, 2.05) is 0 Å². The van der Waals surface area contributed by atoms with Gasteiger partial charge in [-0.1, -0.05) is 0 Å². The summed E-state index contributed by atoms with van der Waals surface area (Å²) in [5.74, 6) is -0.818. The third-order valence-electron chi connectivity index (χ3n) is 3.97. The van der Waals surface area contributed by atoms with Crippen LogP contribution in [0, 0.1) is 5.41 Å². The second-order valence-corrected chi connectivity index (χ2v) is 5.69. The van der Waals surface area contributed by atoms with E-state index < -0.39 is 11.4 Å². The maximum Gasteiger partial charge on any atom is 0.311 e. The molecule has 2 fully saturated rings. The number of nitrogens with zero attached hydrogens (tertiary/aromatic N) is 1. The number of aliphatic carboxylic acids is 1. The Balaban J connectivity index is 1.89. The molecule has 2 heterocycles. The van der Waals surface area contributed by atoms with Gasteiger partial charge in [-0.25, -0.2) is 0 Å². The summed E-state index contributed by atoms with van der Waals surface area (Å²) < 4.78 is 5.51. The monoisotopic (exact) mass is 270 g/mol. The summed E-state index contributed by atoms with van der Waals surface area (Å²) in [5, 5.41) is 12.4. The zero-order valence-corrected chi connectivity index (χ0v) is 11.4. The number of carbonyl (C=O) groups is 2. The Morgan fingerprint density at radius 3 is 2.95 bits per heavy atom. The summed E-state index contributed by atoms with van der Waals surface area (Å²) in [6.45, 7) is 4.82.